The molecule has 0 amide bonds. The van der Waals surface area contributed by atoms with Crippen LogP contribution in [-0.2, 0) is 6.54 Å². The van der Waals surface area contributed by atoms with Crippen LogP contribution >= 0.6 is 23.2 Å². The highest BCUT2D eigenvalue weighted by molar-refractivity contribution is 6.42. The number of hydrogen-bond acceptors (Lipinski definition) is 3. The molecule has 0 N–H and O–H groups in total. The van der Waals surface area contributed by atoms with Gasteiger partial charge in [-0.25, -0.2) is 4.98 Å². The molecular formula is C19H17Cl2N3O. The lowest BCUT2D eigenvalue weighted by Gasteiger charge is -2.24. The van der Waals surface area contributed by atoms with Crippen molar-refractivity contribution >= 4 is 28.8 Å². The topological polar surface area (TPSA) is 37.6 Å². The fourth-order valence-corrected chi connectivity index (χ4v) is 3.81. The second kappa shape index (κ2) is 6.79. The van der Waals surface area contributed by atoms with Gasteiger partial charge in [-0.1, -0.05) is 35.3 Å². The monoisotopic (exact) mass is 373 g/mol. The summed E-state index contributed by atoms with van der Waals surface area (Å²) in [6.45, 7) is 1.62. The maximum Gasteiger partial charge on any atom is 0.258 e. The van der Waals surface area contributed by atoms with E-state index in [1.165, 1.54) is 0 Å². The Morgan fingerprint density at radius 1 is 1.12 bits per heavy atom. The van der Waals surface area contributed by atoms with Crippen molar-refractivity contribution in [2.75, 3.05) is 6.54 Å². The zero-order chi connectivity index (χ0) is 17.4. The summed E-state index contributed by atoms with van der Waals surface area (Å²) < 4.78 is 1.56. The average Bonchev–Trinajstić information content (AvgIpc) is 3.05. The van der Waals surface area contributed by atoms with Crippen molar-refractivity contribution in [3.05, 3.63) is 80.3 Å². The van der Waals surface area contributed by atoms with Crippen LogP contribution in [0.15, 0.2) is 53.5 Å². The molecule has 3 heterocycles. The van der Waals surface area contributed by atoms with Crippen LogP contribution in [0.1, 0.15) is 30.1 Å². The second-order valence-electron chi connectivity index (χ2n) is 6.32. The van der Waals surface area contributed by atoms with E-state index in [1.54, 1.807) is 16.7 Å². The average molecular weight is 374 g/mol. The van der Waals surface area contributed by atoms with E-state index >= 15 is 0 Å². The van der Waals surface area contributed by atoms with Gasteiger partial charge in [0.15, 0.2) is 0 Å². The van der Waals surface area contributed by atoms with Gasteiger partial charge in [-0.2, -0.15) is 0 Å². The van der Waals surface area contributed by atoms with Crippen molar-refractivity contribution in [2.24, 2.45) is 0 Å². The maximum absolute atomic E-state index is 12.3. The van der Waals surface area contributed by atoms with Crippen molar-refractivity contribution in [3.8, 4) is 0 Å². The van der Waals surface area contributed by atoms with Crippen LogP contribution in [0.2, 0.25) is 10.0 Å². The molecule has 0 radical (unpaired) electrons. The minimum absolute atomic E-state index is 0.0501. The highest BCUT2D eigenvalue weighted by Gasteiger charge is 2.27. The first-order valence-electron chi connectivity index (χ1n) is 8.28. The number of pyridine rings is 1. The van der Waals surface area contributed by atoms with Crippen molar-refractivity contribution < 1.29 is 0 Å². The molecule has 4 rings (SSSR count). The molecule has 4 nitrogen and oxygen atoms in total. The Morgan fingerprint density at radius 2 is 2.00 bits per heavy atom. The molecule has 0 aliphatic carbocycles. The summed E-state index contributed by atoms with van der Waals surface area (Å²) in [6, 6.07) is 13.3. The zero-order valence-electron chi connectivity index (χ0n) is 13.5. The summed E-state index contributed by atoms with van der Waals surface area (Å²) in [6.07, 6.45) is 3.91. The molecule has 0 saturated carbocycles. The van der Waals surface area contributed by atoms with Crippen LogP contribution in [0.5, 0.6) is 0 Å². The zero-order valence-corrected chi connectivity index (χ0v) is 15.0. The summed E-state index contributed by atoms with van der Waals surface area (Å²) in [4.78, 5) is 19.3. The Hall–Kier alpha value is -1.88. The van der Waals surface area contributed by atoms with Crippen LogP contribution in [0.25, 0.3) is 5.65 Å². The molecule has 25 heavy (non-hydrogen) atoms. The van der Waals surface area contributed by atoms with E-state index in [-0.39, 0.29) is 11.6 Å². The quantitative estimate of drug-likeness (QED) is 0.685. The number of halogens is 2. The number of fused-ring (bicyclic) bond motifs is 1. The lowest BCUT2D eigenvalue weighted by Crippen LogP contribution is -2.25. The maximum atomic E-state index is 12.3. The van der Waals surface area contributed by atoms with Crippen molar-refractivity contribution in [1.82, 2.24) is 14.3 Å². The fraction of sp³-hybridized carbons (Fsp3) is 0.263. The van der Waals surface area contributed by atoms with E-state index in [0.717, 1.165) is 30.6 Å². The Kier molecular flexibility index (Phi) is 4.50. The summed E-state index contributed by atoms with van der Waals surface area (Å²) in [7, 11) is 0. The number of nitrogens with zero attached hydrogens (tertiary/aromatic N) is 3. The molecular weight excluding hydrogens is 357 g/mol. The van der Waals surface area contributed by atoms with Gasteiger partial charge in [0.25, 0.3) is 5.56 Å². The smallest absolute Gasteiger partial charge is 0.258 e. The van der Waals surface area contributed by atoms with Crippen LogP contribution in [0, 0.1) is 0 Å². The summed E-state index contributed by atoms with van der Waals surface area (Å²) >= 11 is 12.2. The molecule has 3 aromatic rings. The Balaban J connectivity index is 1.63. The molecule has 0 bridgehead atoms. The van der Waals surface area contributed by atoms with E-state index in [0.29, 0.717) is 22.2 Å². The Labute approximate surface area is 155 Å². The standard InChI is InChI=1S/C19H17Cl2N3O/c20-15-7-6-13(10-16(15)21)17-4-3-8-23(17)12-14-11-19(25)24-9-2-1-5-18(24)22-14/h1-2,5-7,9-11,17H,3-4,8,12H2. The molecule has 1 fully saturated rings. The fourth-order valence-electron chi connectivity index (χ4n) is 3.50. The third-order valence-electron chi connectivity index (χ3n) is 4.68. The van der Waals surface area contributed by atoms with Crippen LogP contribution in [0.3, 0.4) is 0 Å². The first-order valence-corrected chi connectivity index (χ1v) is 9.04. The van der Waals surface area contributed by atoms with E-state index in [4.69, 9.17) is 23.2 Å². The number of likely N-dealkylation sites (tertiary alicyclic amines) is 1. The minimum Gasteiger partial charge on any atom is -0.291 e. The van der Waals surface area contributed by atoms with Crippen LogP contribution in [0.4, 0.5) is 0 Å². The van der Waals surface area contributed by atoms with Gasteiger partial charge in [0.1, 0.15) is 5.65 Å². The van der Waals surface area contributed by atoms with E-state index in [2.05, 4.69) is 9.88 Å². The second-order valence-corrected chi connectivity index (χ2v) is 7.13. The lowest BCUT2D eigenvalue weighted by molar-refractivity contribution is 0.245. The SMILES string of the molecule is O=c1cc(CN2CCCC2c2ccc(Cl)c(Cl)c2)nc2ccccn12. The molecule has 1 saturated heterocycles. The first-order chi connectivity index (χ1) is 12.1. The summed E-state index contributed by atoms with van der Waals surface area (Å²) in [5, 5.41) is 1.15. The number of aromatic nitrogens is 2. The molecule has 1 aromatic carbocycles. The van der Waals surface area contributed by atoms with Gasteiger partial charge in [0.2, 0.25) is 0 Å². The van der Waals surface area contributed by atoms with Gasteiger partial charge in [0, 0.05) is 24.8 Å². The number of rotatable bonds is 3. The molecule has 0 spiro atoms. The number of benzene rings is 1. The Bertz CT molecular complexity index is 986. The minimum atomic E-state index is -0.0501. The van der Waals surface area contributed by atoms with Gasteiger partial charge < -0.3 is 0 Å². The predicted molar refractivity (Wildman–Crippen MR) is 100 cm³/mol. The molecule has 1 atom stereocenters. The van der Waals surface area contributed by atoms with Gasteiger partial charge in [-0.3, -0.25) is 14.1 Å². The van der Waals surface area contributed by atoms with E-state index in [1.807, 2.05) is 36.4 Å². The van der Waals surface area contributed by atoms with E-state index < -0.39 is 0 Å². The van der Waals surface area contributed by atoms with E-state index in [9.17, 15) is 4.79 Å². The molecule has 1 unspecified atom stereocenters. The van der Waals surface area contributed by atoms with Crippen LogP contribution < -0.4 is 5.56 Å². The van der Waals surface area contributed by atoms with Gasteiger partial charge >= 0.3 is 0 Å². The lowest BCUT2D eigenvalue weighted by atomic mass is 10.0. The Morgan fingerprint density at radius 3 is 2.84 bits per heavy atom. The highest BCUT2D eigenvalue weighted by Crippen LogP contribution is 2.35. The molecule has 1 aliphatic heterocycles. The van der Waals surface area contributed by atoms with Crippen molar-refractivity contribution in [2.45, 2.75) is 25.4 Å². The number of hydrogen-bond donors (Lipinski definition) is 0. The molecule has 1 aliphatic rings. The summed E-state index contributed by atoms with van der Waals surface area (Å²) in [5.41, 5.74) is 2.58. The largest absolute Gasteiger partial charge is 0.291 e. The van der Waals surface area contributed by atoms with Gasteiger partial charge in [0.05, 0.1) is 15.7 Å². The molecule has 128 valence electrons. The van der Waals surface area contributed by atoms with Crippen LogP contribution in [-0.4, -0.2) is 20.8 Å². The summed E-state index contributed by atoms with van der Waals surface area (Å²) in [5.74, 6) is 0. The normalized spacial score (nSPS) is 18.1. The third-order valence-corrected chi connectivity index (χ3v) is 5.42. The van der Waals surface area contributed by atoms with Gasteiger partial charge in [-0.15, -0.1) is 0 Å². The van der Waals surface area contributed by atoms with Crippen molar-refractivity contribution in [1.29, 1.82) is 0 Å². The van der Waals surface area contributed by atoms with Gasteiger partial charge in [-0.05, 0) is 49.2 Å². The third kappa shape index (κ3) is 3.30. The molecule has 6 heteroatoms. The predicted octanol–water partition coefficient (Wildman–Crippen LogP) is 4.34. The highest BCUT2D eigenvalue weighted by atomic mass is 35.5. The molecule has 2 aromatic heterocycles. The first kappa shape index (κ1) is 16.6. The van der Waals surface area contributed by atoms with Crippen molar-refractivity contribution in [3.63, 3.8) is 0 Å².